The molecule has 0 spiro atoms. The molecule has 5 nitrogen and oxygen atoms in total. The number of oxime groups is 1. The highest BCUT2D eigenvalue weighted by molar-refractivity contribution is 5.97. The third kappa shape index (κ3) is 1.75. The third-order valence-electron chi connectivity index (χ3n) is 2.18. The minimum Gasteiger partial charge on any atom is -0.497 e. The zero-order chi connectivity index (χ0) is 11.5. The molecule has 0 bridgehead atoms. The van der Waals surface area contributed by atoms with E-state index < -0.39 is 5.63 Å². The summed E-state index contributed by atoms with van der Waals surface area (Å²) in [7, 11) is 1.53. The van der Waals surface area contributed by atoms with Crippen molar-refractivity contribution in [3.05, 3.63) is 40.2 Å². The van der Waals surface area contributed by atoms with E-state index in [-0.39, 0.29) is 0 Å². The fraction of sp³-hybridized carbons (Fsp3) is 0.0909. The second kappa shape index (κ2) is 4.06. The molecule has 1 aromatic heterocycles. The molecule has 0 radical (unpaired) electrons. The third-order valence-corrected chi connectivity index (χ3v) is 2.18. The van der Waals surface area contributed by atoms with Crippen molar-refractivity contribution in [2.75, 3.05) is 7.11 Å². The van der Waals surface area contributed by atoms with E-state index in [1.54, 1.807) is 18.2 Å². The maximum Gasteiger partial charge on any atom is 0.336 e. The van der Waals surface area contributed by atoms with Crippen molar-refractivity contribution in [1.82, 2.24) is 0 Å². The van der Waals surface area contributed by atoms with Gasteiger partial charge in [-0.2, -0.15) is 0 Å². The van der Waals surface area contributed by atoms with Crippen LogP contribution in [0.25, 0.3) is 11.0 Å². The molecule has 82 valence electrons. The Morgan fingerprint density at radius 2 is 2.25 bits per heavy atom. The summed E-state index contributed by atoms with van der Waals surface area (Å²) in [6.07, 6.45) is 1.19. The standard InChI is InChI=1S/C11H9NO4/c1-15-8-2-3-9-7(6-12-14)4-11(13)16-10(9)5-8/h2-6,14H,1H3. The van der Waals surface area contributed by atoms with E-state index in [2.05, 4.69) is 5.16 Å². The van der Waals surface area contributed by atoms with Crippen molar-refractivity contribution >= 4 is 17.2 Å². The van der Waals surface area contributed by atoms with Crippen LogP contribution in [0.4, 0.5) is 0 Å². The zero-order valence-electron chi connectivity index (χ0n) is 8.51. The van der Waals surface area contributed by atoms with Crippen LogP contribution in [-0.2, 0) is 0 Å². The summed E-state index contributed by atoms with van der Waals surface area (Å²) in [5.74, 6) is 0.591. The fourth-order valence-corrected chi connectivity index (χ4v) is 1.46. The highest BCUT2D eigenvalue weighted by atomic mass is 16.5. The minimum absolute atomic E-state index is 0.391. The second-order valence-corrected chi connectivity index (χ2v) is 3.13. The lowest BCUT2D eigenvalue weighted by Gasteiger charge is -2.02. The first-order valence-electron chi connectivity index (χ1n) is 4.54. The molecule has 0 atom stereocenters. The lowest BCUT2D eigenvalue weighted by molar-refractivity contribution is 0.322. The maximum atomic E-state index is 11.2. The summed E-state index contributed by atoms with van der Waals surface area (Å²) < 4.78 is 10.0. The van der Waals surface area contributed by atoms with Crippen LogP contribution < -0.4 is 10.4 Å². The van der Waals surface area contributed by atoms with Gasteiger partial charge >= 0.3 is 5.63 Å². The summed E-state index contributed by atoms with van der Waals surface area (Å²) in [4.78, 5) is 11.2. The van der Waals surface area contributed by atoms with Gasteiger partial charge in [0.1, 0.15) is 11.3 Å². The molecule has 1 heterocycles. The van der Waals surface area contributed by atoms with Crippen LogP contribution in [0, 0.1) is 0 Å². The largest absolute Gasteiger partial charge is 0.497 e. The first-order valence-corrected chi connectivity index (χ1v) is 4.54. The Kier molecular flexibility index (Phi) is 2.59. The van der Waals surface area contributed by atoms with Crippen LogP contribution >= 0.6 is 0 Å². The van der Waals surface area contributed by atoms with Crippen LogP contribution in [0.1, 0.15) is 5.56 Å². The van der Waals surface area contributed by atoms with Crippen LogP contribution in [-0.4, -0.2) is 18.5 Å². The average molecular weight is 219 g/mol. The number of methoxy groups -OCH3 is 1. The molecule has 16 heavy (non-hydrogen) atoms. The number of hydrogen-bond donors (Lipinski definition) is 1. The first kappa shape index (κ1) is 10.2. The molecule has 0 aliphatic rings. The molecular weight excluding hydrogens is 210 g/mol. The lowest BCUT2D eigenvalue weighted by Crippen LogP contribution is -2.00. The molecule has 5 heteroatoms. The zero-order valence-corrected chi connectivity index (χ0v) is 8.51. The minimum atomic E-state index is -0.504. The molecule has 0 aliphatic carbocycles. The van der Waals surface area contributed by atoms with Gasteiger partial charge in [0.05, 0.1) is 13.3 Å². The smallest absolute Gasteiger partial charge is 0.336 e. The molecule has 1 aromatic carbocycles. The molecule has 2 rings (SSSR count). The molecule has 1 N–H and O–H groups in total. The monoisotopic (exact) mass is 219 g/mol. The Morgan fingerprint density at radius 1 is 1.44 bits per heavy atom. The average Bonchev–Trinajstić information content (AvgIpc) is 2.28. The predicted molar refractivity (Wildman–Crippen MR) is 58.4 cm³/mol. The van der Waals surface area contributed by atoms with Gasteiger partial charge in [-0.25, -0.2) is 4.79 Å². The van der Waals surface area contributed by atoms with Gasteiger partial charge in [0, 0.05) is 23.1 Å². The number of rotatable bonds is 2. The van der Waals surface area contributed by atoms with E-state index in [1.165, 1.54) is 19.4 Å². The van der Waals surface area contributed by atoms with Crippen LogP contribution in [0.15, 0.2) is 38.6 Å². The molecule has 0 amide bonds. The van der Waals surface area contributed by atoms with Crippen LogP contribution in [0.3, 0.4) is 0 Å². The second-order valence-electron chi connectivity index (χ2n) is 3.13. The van der Waals surface area contributed by atoms with Gasteiger partial charge < -0.3 is 14.4 Å². The van der Waals surface area contributed by atoms with Crippen molar-refractivity contribution in [3.63, 3.8) is 0 Å². The summed E-state index contributed by atoms with van der Waals surface area (Å²) in [6.45, 7) is 0. The van der Waals surface area contributed by atoms with E-state index in [0.717, 1.165) is 0 Å². The van der Waals surface area contributed by atoms with Gasteiger partial charge in [-0.3, -0.25) is 0 Å². The van der Waals surface area contributed by atoms with Gasteiger partial charge in [0.2, 0.25) is 0 Å². The first-order chi connectivity index (χ1) is 7.74. The summed E-state index contributed by atoms with van der Waals surface area (Å²) in [5.41, 5.74) is 0.383. The topological polar surface area (TPSA) is 72.0 Å². The van der Waals surface area contributed by atoms with Crippen molar-refractivity contribution in [2.45, 2.75) is 0 Å². The molecular formula is C11H9NO4. The number of nitrogens with zero attached hydrogens (tertiary/aromatic N) is 1. The molecule has 0 fully saturated rings. The highest BCUT2D eigenvalue weighted by Gasteiger charge is 2.05. The molecule has 2 aromatic rings. The number of hydrogen-bond acceptors (Lipinski definition) is 5. The molecule has 0 unspecified atom stereocenters. The van der Waals surface area contributed by atoms with Crippen molar-refractivity contribution in [3.8, 4) is 5.75 Å². The normalized spacial score (nSPS) is 11.1. The Labute approximate surface area is 90.6 Å². The van der Waals surface area contributed by atoms with Crippen molar-refractivity contribution < 1.29 is 14.4 Å². The number of ether oxygens (including phenoxy) is 1. The highest BCUT2D eigenvalue weighted by Crippen LogP contribution is 2.21. The van der Waals surface area contributed by atoms with E-state index >= 15 is 0 Å². The van der Waals surface area contributed by atoms with Crippen LogP contribution in [0.2, 0.25) is 0 Å². The Bertz CT molecular complexity index is 600. The quantitative estimate of drug-likeness (QED) is 0.360. The van der Waals surface area contributed by atoms with Gasteiger partial charge in [-0.05, 0) is 12.1 Å². The summed E-state index contributed by atoms with van der Waals surface area (Å²) in [6, 6.07) is 6.32. The Hall–Kier alpha value is -2.30. The maximum absolute atomic E-state index is 11.2. The SMILES string of the molecule is COc1ccc2c(C=NO)cc(=O)oc2c1. The van der Waals surface area contributed by atoms with E-state index in [9.17, 15) is 4.79 Å². The van der Waals surface area contributed by atoms with Crippen molar-refractivity contribution in [1.29, 1.82) is 0 Å². The number of fused-ring (bicyclic) bond motifs is 1. The fourth-order valence-electron chi connectivity index (χ4n) is 1.46. The summed E-state index contributed by atoms with van der Waals surface area (Å²) >= 11 is 0. The van der Waals surface area contributed by atoms with Gasteiger partial charge in [0.25, 0.3) is 0 Å². The Balaban J connectivity index is 2.78. The van der Waals surface area contributed by atoms with Gasteiger partial charge in [0.15, 0.2) is 0 Å². The van der Waals surface area contributed by atoms with Crippen molar-refractivity contribution in [2.24, 2.45) is 5.16 Å². The lowest BCUT2D eigenvalue weighted by atomic mass is 10.1. The Morgan fingerprint density at radius 3 is 2.94 bits per heavy atom. The van der Waals surface area contributed by atoms with Crippen LogP contribution in [0.5, 0.6) is 5.75 Å². The van der Waals surface area contributed by atoms with Gasteiger partial charge in [-0.1, -0.05) is 5.16 Å². The van der Waals surface area contributed by atoms with E-state index in [4.69, 9.17) is 14.4 Å². The molecule has 0 saturated carbocycles. The van der Waals surface area contributed by atoms with E-state index in [1.807, 2.05) is 0 Å². The number of benzene rings is 1. The summed E-state index contributed by atoms with van der Waals surface area (Å²) in [5, 5.41) is 12.1. The van der Waals surface area contributed by atoms with Gasteiger partial charge in [-0.15, -0.1) is 0 Å². The molecule has 0 aliphatic heterocycles. The predicted octanol–water partition coefficient (Wildman–Crippen LogP) is 1.61. The van der Waals surface area contributed by atoms with E-state index in [0.29, 0.717) is 22.3 Å². The molecule has 0 saturated heterocycles.